The van der Waals surface area contributed by atoms with Gasteiger partial charge in [0.15, 0.2) is 0 Å². The molecule has 0 aliphatic carbocycles. The quantitative estimate of drug-likeness (QED) is 0.650. The number of rotatable bonds is 7. The van der Waals surface area contributed by atoms with Gasteiger partial charge in [0.25, 0.3) is 0 Å². The molecule has 0 spiro atoms. The molecule has 0 radical (unpaired) electrons. The molecule has 80 valence electrons. The molecule has 0 aromatic carbocycles. The molecular weight excluding hydrogens is 184 g/mol. The van der Waals surface area contributed by atoms with Gasteiger partial charge in [0.1, 0.15) is 0 Å². The van der Waals surface area contributed by atoms with E-state index in [9.17, 15) is 4.21 Å². The molecule has 2 atom stereocenters. The van der Waals surface area contributed by atoms with Crippen LogP contribution in [0.2, 0.25) is 0 Å². The van der Waals surface area contributed by atoms with Crippen molar-refractivity contribution in [3.8, 4) is 0 Å². The summed E-state index contributed by atoms with van der Waals surface area (Å²) >= 11 is 0. The third-order valence-electron chi connectivity index (χ3n) is 1.89. The molecule has 2 unspecified atom stereocenters. The SMILES string of the molecule is CC(CCS(C)=O)NCCN(C)C. The predicted octanol–water partition coefficient (Wildman–Crippen LogP) is 0.295. The van der Waals surface area contributed by atoms with E-state index in [0.717, 1.165) is 25.3 Å². The van der Waals surface area contributed by atoms with Crippen molar-refractivity contribution in [1.82, 2.24) is 10.2 Å². The van der Waals surface area contributed by atoms with E-state index in [1.165, 1.54) is 0 Å². The molecule has 0 rings (SSSR count). The Morgan fingerprint density at radius 3 is 2.54 bits per heavy atom. The number of hydrogen-bond donors (Lipinski definition) is 1. The van der Waals surface area contributed by atoms with Crippen LogP contribution >= 0.6 is 0 Å². The largest absolute Gasteiger partial charge is 0.313 e. The van der Waals surface area contributed by atoms with E-state index < -0.39 is 10.8 Å². The number of nitrogens with zero attached hydrogens (tertiary/aromatic N) is 1. The predicted molar refractivity (Wildman–Crippen MR) is 59.6 cm³/mol. The van der Waals surface area contributed by atoms with Crippen molar-refractivity contribution in [2.75, 3.05) is 39.2 Å². The zero-order valence-electron chi connectivity index (χ0n) is 9.17. The van der Waals surface area contributed by atoms with Crippen LogP contribution in [0.25, 0.3) is 0 Å². The maximum atomic E-state index is 10.8. The summed E-state index contributed by atoms with van der Waals surface area (Å²) in [6.45, 7) is 4.20. The van der Waals surface area contributed by atoms with E-state index in [2.05, 4.69) is 31.2 Å². The fraction of sp³-hybridized carbons (Fsp3) is 1.00. The Kier molecular flexibility index (Phi) is 7.51. The van der Waals surface area contributed by atoms with Gasteiger partial charge in [-0.1, -0.05) is 0 Å². The van der Waals surface area contributed by atoms with E-state index in [1.54, 1.807) is 6.26 Å². The van der Waals surface area contributed by atoms with Crippen molar-refractivity contribution in [2.24, 2.45) is 0 Å². The van der Waals surface area contributed by atoms with Crippen molar-refractivity contribution in [2.45, 2.75) is 19.4 Å². The topological polar surface area (TPSA) is 32.3 Å². The van der Waals surface area contributed by atoms with Gasteiger partial charge >= 0.3 is 0 Å². The third kappa shape index (κ3) is 9.99. The Morgan fingerprint density at radius 1 is 1.46 bits per heavy atom. The van der Waals surface area contributed by atoms with E-state index >= 15 is 0 Å². The Hall–Kier alpha value is 0.0700. The summed E-state index contributed by atoms with van der Waals surface area (Å²) in [7, 11) is 3.48. The first kappa shape index (κ1) is 13.1. The van der Waals surface area contributed by atoms with Gasteiger partial charge < -0.3 is 10.2 Å². The first-order valence-corrected chi connectivity index (χ1v) is 6.43. The molecule has 0 bridgehead atoms. The van der Waals surface area contributed by atoms with Gasteiger partial charge in [-0.2, -0.15) is 0 Å². The van der Waals surface area contributed by atoms with Crippen molar-refractivity contribution < 1.29 is 4.21 Å². The van der Waals surface area contributed by atoms with E-state index in [0.29, 0.717) is 6.04 Å². The summed E-state index contributed by atoms with van der Waals surface area (Å²) in [6.07, 6.45) is 2.75. The van der Waals surface area contributed by atoms with Crippen LogP contribution in [-0.4, -0.2) is 54.3 Å². The zero-order chi connectivity index (χ0) is 10.3. The van der Waals surface area contributed by atoms with Crippen LogP contribution in [0.5, 0.6) is 0 Å². The van der Waals surface area contributed by atoms with Crippen molar-refractivity contribution in [1.29, 1.82) is 0 Å². The average Bonchev–Trinajstić information content (AvgIpc) is 2.00. The minimum absolute atomic E-state index is 0.476. The van der Waals surface area contributed by atoms with Gasteiger partial charge in [-0.15, -0.1) is 0 Å². The highest BCUT2D eigenvalue weighted by Gasteiger charge is 2.01. The second kappa shape index (κ2) is 7.47. The number of hydrogen-bond acceptors (Lipinski definition) is 3. The molecule has 0 saturated carbocycles. The third-order valence-corrected chi connectivity index (χ3v) is 2.70. The lowest BCUT2D eigenvalue weighted by Crippen LogP contribution is -2.33. The smallest absolute Gasteiger partial charge is 0.0246 e. The van der Waals surface area contributed by atoms with E-state index in [4.69, 9.17) is 0 Å². The molecule has 1 N–H and O–H groups in total. The summed E-state index contributed by atoms with van der Waals surface area (Å²) in [4.78, 5) is 2.15. The van der Waals surface area contributed by atoms with Gasteiger partial charge in [-0.05, 0) is 27.4 Å². The first-order chi connectivity index (χ1) is 6.02. The second-order valence-electron chi connectivity index (χ2n) is 3.72. The van der Waals surface area contributed by atoms with Crippen molar-refractivity contribution >= 4 is 10.8 Å². The Morgan fingerprint density at radius 2 is 2.08 bits per heavy atom. The Labute approximate surface area is 84.3 Å². The summed E-state index contributed by atoms with van der Waals surface area (Å²) < 4.78 is 10.8. The summed E-state index contributed by atoms with van der Waals surface area (Å²) in [6, 6.07) is 0.476. The molecular formula is C9H22N2OS. The van der Waals surface area contributed by atoms with Gasteiger partial charge in [0.2, 0.25) is 0 Å². The molecule has 0 amide bonds. The lowest BCUT2D eigenvalue weighted by molar-refractivity contribution is 0.385. The van der Waals surface area contributed by atoms with Crippen molar-refractivity contribution in [3.63, 3.8) is 0 Å². The highest BCUT2D eigenvalue weighted by molar-refractivity contribution is 7.84. The summed E-state index contributed by atoms with van der Waals surface area (Å²) in [5.74, 6) is 0.802. The zero-order valence-corrected chi connectivity index (χ0v) is 9.99. The fourth-order valence-corrected chi connectivity index (χ4v) is 1.66. The first-order valence-electron chi connectivity index (χ1n) is 4.70. The van der Waals surface area contributed by atoms with Crippen LogP contribution < -0.4 is 5.32 Å². The molecule has 0 aromatic rings. The average molecular weight is 206 g/mol. The van der Waals surface area contributed by atoms with E-state index in [-0.39, 0.29) is 0 Å². The van der Waals surface area contributed by atoms with Crippen LogP contribution in [0.15, 0.2) is 0 Å². The molecule has 0 aliphatic rings. The molecule has 0 saturated heterocycles. The lowest BCUT2D eigenvalue weighted by Gasteiger charge is -2.15. The van der Waals surface area contributed by atoms with Crippen LogP contribution in [0.4, 0.5) is 0 Å². The molecule has 13 heavy (non-hydrogen) atoms. The van der Waals surface area contributed by atoms with Gasteiger partial charge in [0, 0.05) is 41.9 Å². The molecule has 4 heteroatoms. The maximum Gasteiger partial charge on any atom is 0.0246 e. The minimum Gasteiger partial charge on any atom is -0.313 e. The highest BCUT2D eigenvalue weighted by atomic mass is 32.2. The minimum atomic E-state index is -0.651. The molecule has 0 aliphatic heterocycles. The normalized spacial score (nSPS) is 16.1. The standard InChI is InChI=1S/C9H22N2OS/c1-9(5-8-13(4)12)10-6-7-11(2)3/h9-10H,5-8H2,1-4H3. The van der Waals surface area contributed by atoms with E-state index in [1.807, 2.05) is 0 Å². The second-order valence-corrected chi connectivity index (χ2v) is 5.28. The van der Waals surface area contributed by atoms with Crippen molar-refractivity contribution in [3.05, 3.63) is 0 Å². The van der Waals surface area contributed by atoms with Crippen LogP contribution in [0.3, 0.4) is 0 Å². The van der Waals surface area contributed by atoms with Gasteiger partial charge in [0.05, 0.1) is 0 Å². The number of likely N-dealkylation sites (N-methyl/N-ethyl adjacent to an activating group) is 1. The summed E-state index contributed by atoms with van der Waals surface area (Å²) in [5, 5.41) is 3.39. The number of nitrogens with one attached hydrogen (secondary N) is 1. The van der Waals surface area contributed by atoms with Crippen LogP contribution in [0.1, 0.15) is 13.3 Å². The fourth-order valence-electron chi connectivity index (χ4n) is 0.979. The molecule has 0 heterocycles. The summed E-state index contributed by atoms with van der Waals surface area (Å²) in [5.41, 5.74) is 0. The highest BCUT2D eigenvalue weighted by Crippen LogP contribution is 1.91. The van der Waals surface area contributed by atoms with Gasteiger partial charge in [-0.3, -0.25) is 4.21 Å². The monoisotopic (exact) mass is 206 g/mol. The molecule has 0 aromatic heterocycles. The van der Waals surface area contributed by atoms with Gasteiger partial charge in [-0.25, -0.2) is 0 Å². The maximum absolute atomic E-state index is 10.8. The molecule has 3 nitrogen and oxygen atoms in total. The molecule has 0 fully saturated rings. The Balaban J connectivity index is 3.30. The van der Waals surface area contributed by atoms with Crippen LogP contribution in [-0.2, 0) is 10.8 Å². The Bertz CT molecular complexity index is 151. The van der Waals surface area contributed by atoms with Crippen LogP contribution in [0, 0.1) is 0 Å². The lowest BCUT2D eigenvalue weighted by atomic mass is 10.2.